The van der Waals surface area contributed by atoms with E-state index in [1.165, 1.54) is 0 Å². The Labute approximate surface area is 68.6 Å². The van der Waals surface area contributed by atoms with Crippen LogP contribution in [0.25, 0.3) is 5.65 Å². The van der Waals surface area contributed by atoms with Gasteiger partial charge < -0.3 is 0 Å². The maximum Gasteiger partial charge on any atom is 0.157 e. The summed E-state index contributed by atoms with van der Waals surface area (Å²) < 4.78 is 1.71. The molecule has 0 N–H and O–H groups in total. The Morgan fingerprint density at radius 1 is 1.45 bits per heavy atom. The summed E-state index contributed by atoms with van der Waals surface area (Å²) in [6, 6.07) is 1.87. The number of fused-ring (bicyclic) bond motifs is 1. The highest BCUT2D eigenvalue weighted by molar-refractivity contribution is 6.17. The summed E-state index contributed by atoms with van der Waals surface area (Å²) in [5.41, 5.74) is 1.84. The van der Waals surface area contributed by atoms with Crippen molar-refractivity contribution in [1.29, 1.82) is 0 Å². The average molecular weight is 168 g/mol. The summed E-state index contributed by atoms with van der Waals surface area (Å²) in [6.45, 7) is 0. The maximum atomic E-state index is 5.68. The van der Waals surface area contributed by atoms with E-state index in [4.69, 9.17) is 11.6 Å². The fraction of sp³-hybridized carbons (Fsp3) is 0.143. The molecule has 56 valence electrons. The fourth-order valence-corrected chi connectivity index (χ4v) is 1.20. The van der Waals surface area contributed by atoms with Gasteiger partial charge in [0.25, 0.3) is 0 Å². The van der Waals surface area contributed by atoms with Gasteiger partial charge in [-0.1, -0.05) is 0 Å². The zero-order valence-electron chi connectivity index (χ0n) is 5.74. The van der Waals surface area contributed by atoms with E-state index in [0.29, 0.717) is 5.88 Å². The molecule has 0 aliphatic carbocycles. The minimum absolute atomic E-state index is 0.475. The molecule has 0 unspecified atom stereocenters. The summed E-state index contributed by atoms with van der Waals surface area (Å²) in [4.78, 5) is 4.11. The van der Waals surface area contributed by atoms with Crippen LogP contribution in [0.3, 0.4) is 0 Å². The molecule has 2 aromatic rings. The predicted octanol–water partition coefficient (Wildman–Crippen LogP) is 1.47. The molecule has 3 nitrogen and oxygen atoms in total. The van der Waals surface area contributed by atoms with Crippen LogP contribution in [-0.4, -0.2) is 14.6 Å². The Hall–Kier alpha value is -1.09. The van der Waals surface area contributed by atoms with E-state index in [9.17, 15) is 0 Å². The molecule has 2 rings (SSSR count). The number of halogens is 1. The van der Waals surface area contributed by atoms with Crippen molar-refractivity contribution in [3.8, 4) is 0 Å². The Balaban J connectivity index is 2.79. The summed E-state index contributed by atoms with van der Waals surface area (Å²) in [6.07, 6.45) is 5.22. The number of alkyl halides is 1. The lowest BCUT2D eigenvalue weighted by molar-refractivity contribution is 0.926. The molecule has 0 bridgehead atoms. The van der Waals surface area contributed by atoms with Crippen molar-refractivity contribution < 1.29 is 0 Å². The molecule has 0 amide bonds. The molecule has 0 saturated heterocycles. The first kappa shape index (κ1) is 6.61. The molecule has 0 aromatic carbocycles. The topological polar surface area (TPSA) is 30.2 Å². The first-order chi connectivity index (χ1) is 5.42. The van der Waals surface area contributed by atoms with Crippen molar-refractivity contribution in [2.45, 2.75) is 5.88 Å². The highest BCUT2D eigenvalue weighted by Gasteiger charge is 1.99. The second kappa shape index (κ2) is 2.51. The fourth-order valence-electron chi connectivity index (χ4n) is 0.994. The van der Waals surface area contributed by atoms with Gasteiger partial charge in [-0.05, 0) is 6.07 Å². The van der Waals surface area contributed by atoms with E-state index in [1.54, 1.807) is 23.1 Å². The SMILES string of the molecule is ClCc1ccnn2ccnc12. The lowest BCUT2D eigenvalue weighted by Gasteiger charge is -1.95. The van der Waals surface area contributed by atoms with Gasteiger partial charge in [-0.25, -0.2) is 9.50 Å². The number of imidazole rings is 1. The molecule has 2 aromatic heterocycles. The van der Waals surface area contributed by atoms with Crippen molar-refractivity contribution in [3.05, 3.63) is 30.2 Å². The Bertz CT molecular complexity index is 368. The quantitative estimate of drug-likeness (QED) is 0.602. The molecule has 0 spiro atoms. The molecule has 0 aliphatic heterocycles. The third-order valence-corrected chi connectivity index (χ3v) is 1.81. The summed E-state index contributed by atoms with van der Waals surface area (Å²) in [5.74, 6) is 0.475. The van der Waals surface area contributed by atoms with Crippen LogP contribution in [0, 0.1) is 0 Å². The zero-order valence-corrected chi connectivity index (χ0v) is 6.49. The van der Waals surface area contributed by atoms with E-state index >= 15 is 0 Å². The minimum atomic E-state index is 0.475. The van der Waals surface area contributed by atoms with Crippen molar-refractivity contribution in [2.24, 2.45) is 0 Å². The van der Waals surface area contributed by atoms with Crippen LogP contribution in [0.2, 0.25) is 0 Å². The van der Waals surface area contributed by atoms with E-state index in [-0.39, 0.29) is 0 Å². The minimum Gasteiger partial charge on any atom is -0.235 e. The van der Waals surface area contributed by atoms with Gasteiger partial charge in [0.05, 0.1) is 5.88 Å². The Morgan fingerprint density at radius 3 is 3.18 bits per heavy atom. The number of nitrogens with zero attached hydrogens (tertiary/aromatic N) is 3. The first-order valence-electron chi connectivity index (χ1n) is 3.25. The highest BCUT2D eigenvalue weighted by atomic mass is 35.5. The van der Waals surface area contributed by atoms with E-state index in [1.807, 2.05) is 6.07 Å². The van der Waals surface area contributed by atoms with Gasteiger partial charge in [0.2, 0.25) is 0 Å². The summed E-state index contributed by atoms with van der Waals surface area (Å²) in [5, 5.41) is 4.05. The third kappa shape index (κ3) is 0.973. The van der Waals surface area contributed by atoms with Crippen LogP contribution in [0.5, 0.6) is 0 Å². The Morgan fingerprint density at radius 2 is 2.36 bits per heavy atom. The smallest absolute Gasteiger partial charge is 0.157 e. The van der Waals surface area contributed by atoms with Crippen molar-refractivity contribution in [2.75, 3.05) is 0 Å². The van der Waals surface area contributed by atoms with Gasteiger partial charge in [-0.2, -0.15) is 5.10 Å². The van der Waals surface area contributed by atoms with Gasteiger partial charge in [0.1, 0.15) is 0 Å². The first-order valence-corrected chi connectivity index (χ1v) is 3.78. The van der Waals surface area contributed by atoms with Gasteiger partial charge in [0, 0.05) is 24.2 Å². The monoisotopic (exact) mass is 167 g/mol. The van der Waals surface area contributed by atoms with Crippen LogP contribution in [-0.2, 0) is 5.88 Å². The molecule has 11 heavy (non-hydrogen) atoms. The van der Waals surface area contributed by atoms with Crippen molar-refractivity contribution >= 4 is 17.2 Å². The lowest BCUT2D eigenvalue weighted by atomic mass is 10.3. The zero-order chi connectivity index (χ0) is 7.68. The summed E-state index contributed by atoms with van der Waals surface area (Å²) in [7, 11) is 0. The molecule has 4 heteroatoms. The molecule has 0 atom stereocenters. The predicted molar refractivity (Wildman–Crippen MR) is 42.5 cm³/mol. The third-order valence-electron chi connectivity index (χ3n) is 1.52. The standard InChI is InChI=1S/C7H6ClN3/c8-5-6-1-2-10-11-4-3-9-7(6)11/h1-4H,5H2. The van der Waals surface area contributed by atoms with Crippen molar-refractivity contribution in [1.82, 2.24) is 14.6 Å². The second-order valence-electron chi connectivity index (χ2n) is 2.19. The number of aromatic nitrogens is 3. The normalized spacial score (nSPS) is 10.6. The van der Waals surface area contributed by atoms with Crippen LogP contribution in [0.15, 0.2) is 24.7 Å². The van der Waals surface area contributed by atoms with Crippen LogP contribution >= 0.6 is 11.6 Å². The largest absolute Gasteiger partial charge is 0.235 e. The molecular weight excluding hydrogens is 162 g/mol. The van der Waals surface area contributed by atoms with Crippen LogP contribution in [0.1, 0.15) is 5.56 Å². The molecule has 0 aliphatic rings. The molecule has 0 radical (unpaired) electrons. The van der Waals surface area contributed by atoms with Gasteiger partial charge in [0.15, 0.2) is 5.65 Å². The van der Waals surface area contributed by atoms with Crippen molar-refractivity contribution in [3.63, 3.8) is 0 Å². The van der Waals surface area contributed by atoms with E-state index < -0.39 is 0 Å². The van der Waals surface area contributed by atoms with Gasteiger partial charge >= 0.3 is 0 Å². The van der Waals surface area contributed by atoms with E-state index in [0.717, 1.165) is 11.2 Å². The second-order valence-corrected chi connectivity index (χ2v) is 2.45. The van der Waals surface area contributed by atoms with Gasteiger partial charge in [-0.15, -0.1) is 11.6 Å². The molecular formula is C7H6ClN3. The number of rotatable bonds is 1. The van der Waals surface area contributed by atoms with Crippen LogP contribution in [0.4, 0.5) is 0 Å². The molecule has 0 fully saturated rings. The lowest BCUT2D eigenvalue weighted by Crippen LogP contribution is -1.92. The maximum absolute atomic E-state index is 5.68. The number of hydrogen-bond donors (Lipinski definition) is 0. The van der Waals surface area contributed by atoms with Crippen LogP contribution < -0.4 is 0 Å². The summed E-state index contributed by atoms with van der Waals surface area (Å²) >= 11 is 5.68. The van der Waals surface area contributed by atoms with Gasteiger partial charge in [-0.3, -0.25) is 0 Å². The molecule has 0 saturated carbocycles. The van der Waals surface area contributed by atoms with E-state index in [2.05, 4.69) is 10.1 Å². The highest BCUT2D eigenvalue weighted by Crippen LogP contribution is 2.08. The number of hydrogen-bond acceptors (Lipinski definition) is 2. The Kier molecular flexibility index (Phi) is 1.51. The molecule has 2 heterocycles. The average Bonchev–Trinajstić information content (AvgIpc) is 2.50.